The molecule has 2 N–H and O–H groups in total. The maximum absolute atomic E-state index is 5.16. The number of benzene rings is 1. The highest BCUT2D eigenvalue weighted by atomic mass is 16.5. The van der Waals surface area contributed by atoms with Crippen LogP contribution in [0.25, 0.3) is 0 Å². The topological polar surface area (TPSA) is 59.1 Å². The third-order valence-electron chi connectivity index (χ3n) is 2.97. The second-order valence-electron chi connectivity index (χ2n) is 4.44. The first-order valence-electron chi connectivity index (χ1n) is 6.70. The molecule has 1 unspecified atom stereocenters. The minimum atomic E-state index is 0.158. The number of hydrogen-bond donors (Lipinski definition) is 2. The zero-order chi connectivity index (χ0) is 14.4. The first-order chi connectivity index (χ1) is 9.72. The summed E-state index contributed by atoms with van der Waals surface area (Å²) in [4.78, 5) is 8.56. The summed E-state index contributed by atoms with van der Waals surface area (Å²) in [6.07, 6.45) is 1.74. The Bertz CT molecular complexity index is 542. The zero-order valence-corrected chi connectivity index (χ0v) is 12.1. The van der Waals surface area contributed by atoms with Gasteiger partial charge in [-0.1, -0.05) is 12.1 Å². The fourth-order valence-electron chi connectivity index (χ4n) is 1.88. The van der Waals surface area contributed by atoms with Crippen LogP contribution in [-0.4, -0.2) is 23.6 Å². The minimum Gasteiger partial charge on any atom is -0.497 e. The highest BCUT2D eigenvalue weighted by molar-refractivity contribution is 5.42. The highest BCUT2D eigenvalue weighted by Gasteiger charge is 2.07. The summed E-state index contributed by atoms with van der Waals surface area (Å²) in [7, 11) is 1.67. The van der Waals surface area contributed by atoms with Gasteiger partial charge in [0.05, 0.1) is 7.11 Å². The van der Waals surface area contributed by atoms with E-state index in [2.05, 4.69) is 27.5 Å². The molecule has 0 saturated heterocycles. The Kier molecular flexibility index (Phi) is 4.76. The van der Waals surface area contributed by atoms with Crippen molar-refractivity contribution in [3.05, 3.63) is 42.1 Å². The molecule has 106 valence electrons. The van der Waals surface area contributed by atoms with Crippen molar-refractivity contribution in [2.45, 2.75) is 19.9 Å². The first-order valence-corrected chi connectivity index (χ1v) is 6.70. The van der Waals surface area contributed by atoms with Gasteiger partial charge in [-0.2, -0.15) is 4.98 Å². The molecule has 20 heavy (non-hydrogen) atoms. The maximum atomic E-state index is 5.16. The Morgan fingerprint density at radius 2 is 1.95 bits per heavy atom. The number of hydrogen-bond acceptors (Lipinski definition) is 5. The maximum Gasteiger partial charge on any atom is 0.224 e. The molecule has 0 spiro atoms. The number of nitrogens with one attached hydrogen (secondary N) is 2. The van der Waals surface area contributed by atoms with E-state index in [4.69, 9.17) is 4.74 Å². The molecule has 1 aromatic carbocycles. The molecule has 0 amide bonds. The highest BCUT2D eigenvalue weighted by Crippen LogP contribution is 2.20. The summed E-state index contributed by atoms with van der Waals surface area (Å²) in [6, 6.07) is 10.0. The Morgan fingerprint density at radius 3 is 2.60 bits per heavy atom. The summed E-state index contributed by atoms with van der Waals surface area (Å²) in [6.45, 7) is 4.91. The molecule has 1 atom stereocenters. The molecule has 0 fully saturated rings. The van der Waals surface area contributed by atoms with Crippen LogP contribution < -0.4 is 15.4 Å². The Morgan fingerprint density at radius 1 is 1.20 bits per heavy atom. The zero-order valence-electron chi connectivity index (χ0n) is 12.1. The molecule has 1 aromatic heterocycles. The van der Waals surface area contributed by atoms with Crippen LogP contribution in [0.2, 0.25) is 0 Å². The normalized spacial score (nSPS) is 11.8. The van der Waals surface area contributed by atoms with Crippen LogP contribution in [0.3, 0.4) is 0 Å². The fraction of sp³-hybridized carbons (Fsp3) is 0.333. The smallest absolute Gasteiger partial charge is 0.224 e. The number of methoxy groups -OCH3 is 1. The van der Waals surface area contributed by atoms with Gasteiger partial charge in [0.2, 0.25) is 5.95 Å². The van der Waals surface area contributed by atoms with Crippen LogP contribution in [0.4, 0.5) is 11.8 Å². The van der Waals surface area contributed by atoms with Crippen molar-refractivity contribution in [2.24, 2.45) is 0 Å². The van der Waals surface area contributed by atoms with E-state index < -0.39 is 0 Å². The van der Waals surface area contributed by atoms with Gasteiger partial charge in [-0.3, -0.25) is 0 Å². The molecule has 0 radical (unpaired) electrons. The summed E-state index contributed by atoms with van der Waals surface area (Å²) in [5.74, 6) is 2.30. The Balaban J connectivity index is 2.06. The number of ether oxygens (including phenoxy) is 1. The van der Waals surface area contributed by atoms with Gasteiger partial charge in [-0.25, -0.2) is 4.98 Å². The molecule has 2 aromatic rings. The molecule has 0 bridgehead atoms. The predicted molar refractivity (Wildman–Crippen MR) is 81.2 cm³/mol. The molecular weight excluding hydrogens is 252 g/mol. The van der Waals surface area contributed by atoms with Crippen molar-refractivity contribution < 1.29 is 4.74 Å². The van der Waals surface area contributed by atoms with Gasteiger partial charge in [-0.05, 0) is 37.6 Å². The Labute approximate surface area is 119 Å². The molecule has 2 rings (SSSR count). The van der Waals surface area contributed by atoms with Gasteiger partial charge >= 0.3 is 0 Å². The van der Waals surface area contributed by atoms with Crippen LogP contribution >= 0.6 is 0 Å². The quantitative estimate of drug-likeness (QED) is 0.846. The number of aromatic nitrogens is 2. The molecule has 1 heterocycles. The van der Waals surface area contributed by atoms with Crippen molar-refractivity contribution >= 4 is 11.8 Å². The molecule has 5 heteroatoms. The van der Waals surface area contributed by atoms with Crippen LogP contribution in [0.1, 0.15) is 25.5 Å². The summed E-state index contributed by atoms with van der Waals surface area (Å²) >= 11 is 0. The van der Waals surface area contributed by atoms with Crippen molar-refractivity contribution in [1.29, 1.82) is 0 Å². The van der Waals surface area contributed by atoms with E-state index in [0.717, 1.165) is 18.1 Å². The second-order valence-corrected chi connectivity index (χ2v) is 4.44. The van der Waals surface area contributed by atoms with Gasteiger partial charge in [0.1, 0.15) is 11.6 Å². The van der Waals surface area contributed by atoms with E-state index >= 15 is 0 Å². The van der Waals surface area contributed by atoms with E-state index in [1.54, 1.807) is 13.3 Å². The van der Waals surface area contributed by atoms with E-state index in [1.165, 1.54) is 5.56 Å². The number of nitrogens with zero attached hydrogens (tertiary/aromatic N) is 2. The number of rotatable bonds is 6. The van der Waals surface area contributed by atoms with E-state index in [9.17, 15) is 0 Å². The monoisotopic (exact) mass is 272 g/mol. The van der Waals surface area contributed by atoms with Crippen LogP contribution in [-0.2, 0) is 0 Å². The molecule has 0 aliphatic carbocycles. The third kappa shape index (κ3) is 3.60. The average Bonchev–Trinajstić information content (AvgIpc) is 2.48. The first kappa shape index (κ1) is 14.1. The van der Waals surface area contributed by atoms with E-state index in [0.29, 0.717) is 5.95 Å². The largest absolute Gasteiger partial charge is 0.497 e. The summed E-state index contributed by atoms with van der Waals surface area (Å²) in [5, 5.41) is 6.46. The molecular formula is C15H20N4O. The molecule has 0 aliphatic heterocycles. The van der Waals surface area contributed by atoms with Gasteiger partial charge in [0.25, 0.3) is 0 Å². The van der Waals surface area contributed by atoms with Crippen molar-refractivity contribution in [3.8, 4) is 5.75 Å². The standard InChI is InChI=1S/C15H20N4O/c1-4-16-15-17-10-9-14(19-15)18-11(2)12-5-7-13(20-3)8-6-12/h5-11H,4H2,1-3H3,(H2,16,17,18,19). The number of anilines is 2. The van der Waals surface area contributed by atoms with Crippen molar-refractivity contribution in [1.82, 2.24) is 9.97 Å². The second kappa shape index (κ2) is 6.75. The third-order valence-corrected chi connectivity index (χ3v) is 2.97. The van der Waals surface area contributed by atoms with Gasteiger partial charge in [0.15, 0.2) is 0 Å². The average molecular weight is 272 g/mol. The lowest BCUT2D eigenvalue weighted by Gasteiger charge is -2.15. The summed E-state index contributed by atoms with van der Waals surface area (Å²) in [5.41, 5.74) is 1.18. The van der Waals surface area contributed by atoms with Crippen LogP contribution in [0.15, 0.2) is 36.5 Å². The lowest BCUT2D eigenvalue weighted by molar-refractivity contribution is 0.414. The van der Waals surface area contributed by atoms with Crippen LogP contribution in [0.5, 0.6) is 5.75 Å². The van der Waals surface area contributed by atoms with Crippen LogP contribution in [0, 0.1) is 0 Å². The van der Waals surface area contributed by atoms with Crippen molar-refractivity contribution in [2.75, 3.05) is 24.3 Å². The lowest BCUT2D eigenvalue weighted by atomic mass is 10.1. The van der Waals surface area contributed by atoms with Gasteiger partial charge in [0, 0.05) is 18.8 Å². The molecule has 0 aliphatic rings. The van der Waals surface area contributed by atoms with Gasteiger partial charge in [-0.15, -0.1) is 0 Å². The van der Waals surface area contributed by atoms with E-state index in [-0.39, 0.29) is 6.04 Å². The van der Waals surface area contributed by atoms with E-state index in [1.807, 2.05) is 37.3 Å². The molecule has 0 saturated carbocycles. The predicted octanol–water partition coefficient (Wildman–Crippen LogP) is 3.09. The lowest BCUT2D eigenvalue weighted by Crippen LogP contribution is -2.10. The minimum absolute atomic E-state index is 0.158. The summed E-state index contributed by atoms with van der Waals surface area (Å²) < 4.78 is 5.16. The fourth-order valence-corrected chi connectivity index (χ4v) is 1.88. The Hall–Kier alpha value is -2.30. The van der Waals surface area contributed by atoms with Crippen molar-refractivity contribution in [3.63, 3.8) is 0 Å². The SMILES string of the molecule is CCNc1nccc(NC(C)c2ccc(OC)cc2)n1. The molecule has 5 nitrogen and oxygen atoms in total. The van der Waals surface area contributed by atoms with Gasteiger partial charge < -0.3 is 15.4 Å².